The summed E-state index contributed by atoms with van der Waals surface area (Å²) in [6, 6.07) is 12.7. The molecule has 2 unspecified atom stereocenters. The van der Waals surface area contributed by atoms with Crippen molar-refractivity contribution in [2.45, 2.75) is 25.7 Å². The minimum Gasteiger partial charge on any atom is -0.497 e. The molecular formula is C24H25NO8. The maximum absolute atomic E-state index is 11.2. The van der Waals surface area contributed by atoms with Crippen LogP contribution in [-0.2, 0) is 14.4 Å². The van der Waals surface area contributed by atoms with Crippen molar-refractivity contribution < 1.29 is 38.9 Å². The van der Waals surface area contributed by atoms with E-state index in [-0.39, 0.29) is 23.0 Å². The van der Waals surface area contributed by atoms with Gasteiger partial charge in [-0.25, -0.2) is 9.59 Å². The van der Waals surface area contributed by atoms with E-state index >= 15 is 0 Å². The van der Waals surface area contributed by atoms with E-state index in [0.717, 1.165) is 37.1 Å². The highest BCUT2D eigenvalue weighted by Crippen LogP contribution is 2.36. The largest absolute Gasteiger partial charge is 0.497 e. The molecule has 2 aliphatic carbocycles. The number of methoxy groups -OCH3 is 1. The predicted molar refractivity (Wildman–Crippen MR) is 118 cm³/mol. The van der Waals surface area contributed by atoms with Crippen LogP contribution >= 0.6 is 0 Å². The topological polar surface area (TPSA) is 161 Å². The van der Waals surface area contributed by atoms with E-state index in [4.69, 9.17) is 20.7 Å². The number of hydrogen-bond acceptors (Lipinski definition) is 7. The Balaban J connectivity index is 0.000000177. The second kappa shape index (κ2) is 11.6. The van der Waals surface area contributed by atoms with Gasteiger partial charge in [-0.2, -0.15) is 0 Å². The Labute approximate surface area is 190 Å². The van der Waals surface area contributed by atoms with Crippen LogP contribution in [0.1, 0.15) is 46.4 Å². The van der Waals surface area contributed by atoms with Crippen LogP contribution in [-0.4, -0.2) is 46.6 Å². The molecule has 4 N–H and O–H groups in total. The number of rotatable bonds is 3. The lowest BCUT2D eigenvalue weighted by Crippen LogP contribution is -2.21. The number of carboxylic acid groups (broad SMARTS) is 2. The summed E-state index contributed by atoms with van der Waals surface area (Å²) in [6.45, 7) is 0. The number of fused-ring (bicyclic) bond motifs is 1. The Hall–Kier alpha value is -4.01. The summed E-state index contributed by atoms with van der Waals surface area (Å²) < 4.78 is 4.91. The molecule has 0 spiro atoms. The van der Waals surface area contributed by atoms with Crippen molar-refractivity contribution in [1.29, 1.82) is 0 Å². The maximum Gasteiger partial charge on any atom is 0.336 e. The van der Waals surface area contributed by atoms with Gasteiger partial charge >= 0.3 is 11.9 Å². The zero-order chi connectivity index (χ0) is 24.5. The molecule has 0 radical (unpaired) electrons. The number of carbonyl (C=O) groups is 5. The molecule has 33 heavy (non-hydrogen) atoms. The van der Waals surface area contributed by atoms with Gasteiger partial charge in [-0.1, -0.05) is 25.0 Å². The van der Waals surface area contributed by atoms with Crippen molar-refractivity contribution >= 4 is 35.0 Å². The van der Waals surface area contributed by atoms with E-state index < -0.39 is 29.3 Å². The van der Waals surface area contributed by atoms with Gasteiger partial charge in [-0.3, -0.25) is 14.4 Å². The number of nitrogen functional groups attached to an aromatic ring is 1. The first-order valence-electron chi connectivity index (χ1n) is 10.2. The van der Waals surface area contributed by atoms with E-state index in [1.807, 2.05) is 12.1 Å². The number of nitrogens with two attached hydrogens (primary N) is 1. The predicted octanol–water partition coefficient (Wildman–Crippen LogP) is 2.87. The lowest BCUT2D eigenvalue weighted by atomic mass is 9.81. The highest BCUT2D eigenvalue weighted by Gasteiger charge is 2.48. The Morgan fingerprint density at radius 2 is 1.24 bits per heavy atom. The second-order valence-electron chi connectivity index (χ2n) is 7.48. The van der Waals surface area contributed by atoms with Crippen molar-refractivity contribution in [1.82, 2.24) is 0 Å². The summed E-state index contributed by atoms with van der Waals surface area (Å²) in [5.74, 6) is -3.72. The Kier molecular flexibility index (Phi) is 8.85. The van der Waals surface area contributed by atoms with Gasteiger partial charge in [0.1, 0.15) is 5.75 Å². The van der Waals surface area contributed by atoms with Crippen LogP contribution in [0.4, 0.5) is 5.69 Å². The summed E-state index contributed by atoms with van der Waals surface area (Å²) >= 11 is 0. The van der Waals surface area contributed by atoms with Crippen LogP contribution in [0.15, 0.2) is 48.5 Å². The number of Topliss-reactive ketones (excluding diaryl/α,β-unsaturated/α-hetero) is 3. The molecule has 0 bridgehead atoms. The normalized spacial score (nSPS) is 18.8. The molecule has 2 atom stereocenters. The summed E-state index contributed by atoms with van der Waals surface area (Å²) in [7, 11) is 1.63. The molecule has 9 nitrogen and oxygen atoms in total. The third-order valence-corrected chi connectivity index (χ3v) is 5.39. The molecule has 2 saturated carbocycles. The Morgan fingerprint density at radius 1 is 0.818 bits per heavy atom. The van der Waals surface area contributed by atoms with E-state index in [1.165, 1.54) is 24.3 Å². The van der Waals surface area contributed by atoms with Gasteiger partial charge in [0.15, 0.2) is 0 Å². The van der Waals surface area contributed by atoms with Crippen molar-refractivity contribution in [2.24, 2.45) is 11.8 Å². The molecule has 2 aromatic carbocycles. The fraction of sp³-hybridized carbons (Fsp3) is 0.292. The molecule has 174 valence electrons. The molecule has 2 aromatic rings. The van der Waals surface area contributed by atoms with E-state index in [0.29, 0.717) is 0 Å². The molecule has 0 aromatic heterocycles. The third kappa shape index (κ3) is 6.49. The zero-order valence-electron chi connectivity index (χ0n) is 18.0. The second-order valence-corrected chi connectivity index (χ2v) is 7.48. The van der Waals surface area contributed by atoms with Gasteiger partial charge in [0, 0.05) is 17.5 Å². The standard InChI is InChI=1S/C9H10O3.C8H6O4.C7H9NO/c10-7-5-3-1-2-4-6(5)8(11)9(7)12;9-7(10)5-3-1-2-4-6(5)8(11)12;1-9-7-4-2-6(8)3-5-7/h5-6H,1-4H2;1-4H,(H,9,10)(H,11,12);2-5H,8H2,1H3. The summed E-state index contributed by atoms with van der Waals surface area (Å²) in [4.78, 5) is 54.3. The van der Waals surface area contributed by atoms with Gasteiger partial charge in [0.25, 0.3) is 5.78 Å². The summed E-state index contributed by atoms with van der Waals surface area (Å²) in [5, 5.41) is 17.1. The van der Waals surface area contributed by atoms with Crippen LogP contribution in [0.5, 0.6) is 5.75 Å². The van der Waals surface area contributed by atoms with Crippen LogP contribution in [0, 0.1) is 11.8 Å². The van der Waals surface area contributed by atoms with Crippen molar-refractivity contribution in [2.75, 3.05) is 12.8 Å². The third-order valence-electron chi connectivity index (χ3n) is 5.39. The summed E-state index contributed by atoms with van der Waals surface area (Å²) in [6.07, 6.45) is 3.43. The van der Waals surface area contributed by atoms with E-state index in [9.17, 15) is 24.0 Å². The van der Waals surface area contributed by atoms with Crippen molar-refractivity contribution in [3.8, 4) is 5.75 Å². The van der Waals surface area contributed by atoms with Gasteiger partial charge < -0.3 is 20.7 Å². The summed E-state index contributed by atoms with van der Waals surface area (Å²) in [5.41, 5.74) is 5.81. The molecule has 0 amide bonds. The average Bonchev–Trinajstić information content (AvgIpc) is 3.04. The van der Waals surface area contributed by atoms with Gasteiger partial charge in [0.2, 0.25) is 11.6 Å². The minimum atomic E-state index is -1.23. The van der Waals surface area contributed by atoms with Crippen LogP contribution in [0.25, 0.3) is 0 Å². The average molecular weight is 455 g/mol. The van der Waals surface area contributed by atoms with Crippen molar-refractivity contribution in [3.05, 3.63) is 59.7 Å². The number of aromatic carboxylic acids is 2. The molecule has 0 aliphatic heterocycles. The minimum absolute atomic E-state index is 0.190. The Bertz CT molecular complexity index is 986. The smallest absolute Gasteiger partial charge is 0.336 e. The zero-order valence-corrected chi connectivity index (χ0v) is 18.0. The number of ether oxygens (including phenoxy) is 1. The molecule has 9 heteroatoms. The number of carbonyl (C=O) groups excluding carboxylic acids is 3. The molecule has 0 heterocycles. The quantitative estimate of drug-likeness (QED) is 0.467. The molecule has 2 aliphatic rings. The highest BCUT2D eigenvalue weighted by molar-refractivity contribution is 6.68. The first kappa shape index (κ1) is 25.3. The highest BCUT2D eigenvalue weighted by atomic mass is 16.5. The van der Waals surface area contributed by atoms with E-state index in [1.54, 1.807) is 19.2 Å². The monoisotopic (exact) mass is 455 g/mol. The lowest BCUT2D eigenvalue weighted by molar-refractivity contribution is -0.141. The number of anilines is 1. The first-order valence-corrected chi connectivity index (χ1v) is 10.2. The number of ketones is 3. The fourth-order valence-electron chi connectivity index (χ4n) is 3.68. The van der Waals surface area contributed by atoms with Crippen molar-refractivity contribution in [3.63, 3.8) is 0 Å². The van der Waals surface area contributed by atoms with Crippen LogP contribution in [0.2, 0.25) is 0 Å². The SMILES string of the molecule is COc1ccc(N)cc1.O=C(O)c1ccccc1C(=O)O.O=C1C(=O)C2CCCCC2C1=O. The molecular weight excluding hydrogens is 430 g/mol. The van der Waals surface area contributed by atoms with Gasteiger partial charge in [-0.15, -0.1) is 0 Å². The number of hydrogen-bond donors (Lipinski definition) is 3. The van der Waals surface area contributed by atoms with Gasteiger partial charge in [-0.05, 0) is 49.2 Å². The van der Waals surface area contributed by atoms with Crippen LogP contribution in [0.3, 0.4) is 0 Å². The van der Waals surface area contributed by atoms with Crippen LogP contribution < -0.4 is 10.5 Å². The van der Waals surface area contributed by atoms with E-state index in [2.05, 4.69) is 0 Å². The van der Waals surface area contributed by atoms with Gasteiger partial charge in [0.05, 0.1) is 18.2 Å². The molecule has 0 saturated heterocycles. The molecule has 2 fully saturated rings. The molecule has 4 rings (SSSR count). The maximum atomic E-state index is 11.2. The number of carboxylic acids is 2. The fourth-order valence-corrected chi connectivity index (χ4v) is 3.68. The lowest BCUT2D eigenvalue weighted by Gasteiger charge is -2.20. The first-order chi connectivity index (χ1) is 15.7. The number of benzene rings is 2. The Morgan fingerprint density at radius 3 is 1.61 bits per heavy atom.